The van der Waals surface area contributed by atoms with Gasteiger partial charge in [-0.05, 0) is 18.9 Å². The maximum absolute atomic E-state index is 11.8. The van der Waals surface area contributed by atoms with Crippen LogP contribution in [0.1, 0.15) is 12.2 Å². The molecule has 152 valence electrons. The van der Waals surface area contributed by atoms with Crippen LogP contribution in [0.25, 0.3) is 21.3 Å². The molecular formula is C21H24N4O2S2. The molecule has 6 nitrogen and oxygen atoms in total. The monoisotopic (exact) mass is 428 g/mol. The molecule has 29 heavy (non-hydrogen) atoms. The third kappa shape index (κ3) is 3.65. The van der Waals surface area contributed by atoms with Gasteiger partial charge in [0.1, 0.15) is 16.5 Å². The number of hydrogen-bond donors (Lipinski definition) is 0. The van der Waals surface area contributed by atoms with Crippen LogP contribution in [0.2, 0.25) is 0 Å². The Morgan fingerprint density at radius 2 is 1.83 bits per heavy atom. The zero-order chi connectivity index (χ0) is 20.0. The van der Waals surface area contributed by atoms with Crippen molar-refractivity contribution in [1.29, 1.82) is 0 Å². The molecule has 4 heterocycles. The lowest BCUT2D eigenvalue weighted by Gasteiger charge is -2.38. The van der Waals surface area contributed by atoms with E-state index >= 15 is 0 Å². The summed E-state index contributed by atoms with van der Waals surface area (Å²) in [5, 5.41) is 3.31. The summed E-state index contributed by atoms with van der Waals surface area (Å²) >= 11 is 1.67. The molecule has 1 aromatic carbocycles. The first kappa shape index (κ1) is 19.0. The summed E-state index contributed by atoms with van der Waals surface area (Å²) in [6.45, 7) is 5.40. The van der Waals surface area contributed by atoms with Crippen LogP contribution in [0, 0.1) is 6.92 Å². The van der Waals surface area contributed by atoms with Gasteiger partial charge in [-0.2, -0.15) is 0 Å². The Morgan fingerprint density at radius 3 is 2.52 bits per heavy atom. The van der Waals surface area contributed by atoms with Crippen molar-refractivity contribution >= 4 is 37.2 Å². The summed E-state index contributed by atoms with van der Waals surface area (Å²) in [6, 6.07) is 10.6. The van der Waals surface area contributed by atoms with Crippen molar-refractivity contribution < 1.29 is 8.42 Å². The van der Waals surface area contributed by atoms with Crippen LogP contribution in [0.15, 0.2) is 35.7 Å². The fraction of sp³-hybridized carbons (Fsp3) is 0.429. The van der Waals surface area contributed by atoms with Crippen molar-refractivity contribution in [2.24, 2.45) is 0 Å². The van der Waals surface area contributed by atoms with E-state index in [0.29, 0.717) is 11.5 Å². The maximum Gasteiger partial charge on any atom is 0.151 e. The van der Waals surface area contributed by atoms with Crippen molar-refractivity contribution in [2.45, 2.75) is 19.4 Å². The minimum Gasteiger partial charge on any atom is -0.353 e. The fourth-order valence-electron chi connectivity index (χ4n) is 4.45. The molecule has 1 atom stereocenters. The minimum atomic E-state index is -2.85. The zero-order valence-electron chi connectivity index (χ0n) is 16.4. The topological polar surface area (TPSA) is 66.4 Å². The second-order valence-electron chi connectivity index (χ2n) is 7.87. The molecule has 8 heteroatoms. The smallest absolute Gasteiger partial charge is 0.151 e. The molecule has 2 aliphatic rings. The molecule has 0 bridgehead atoms. The highest BCUT2D eigenvalue weighted by Gasteiger charge is 2.34. The van der Waals surface area contributed by atoms with E-state index < -0.39 is 9.84 Å². The first-order valence-corrected chi connectivity index (χ1v) is 12.7. The maximum atomic E-state index is 11.8. The highest BCUT2D eigenvalue weighted by molar-refractivity contribution is 7.91. The summed E-state index contributed by atoms with van der Waals surface area (Å²) in [5.41, 5.74) is 2.37. The van der Waals surface area contributed by atoms with Gasteiger partial charge in [0.25, 0.3) is 0 Å². The number of fused-ring (bicyclic) bond motifs is 1. The molecule has 2 aliphatic heterocycles. The van der Waals surface area contributed by atoms with E-state index in [9.17, 15) is 8.42 Å². The van der Waals surface area contributed by atoms with E-state index in [1.807, 2.05) is 13.0 Å². The second-order valence-corrected chi connectivity index (χ2v) is 11.0. The van der Waals surface area contributed by atoms with Crippen LogP contribution in [0.3, 0.4) is 0 Å². The number of anilines is 1. The Hall–Kier alpha value is -2.03. The molecule has 0 N–H and O–H groups in total. The first-order chi connectivity index (χ1) is 14.0. The molecule has 0 spiro atoms. The van der Waals surface area contributed by atoms with Crippen LogP contribution >= 0.6 is 11.3 Å². The van der Waals surface area contributed by atoms with Gasteiger partial charge >= 0.3 is 0 Å². The number of hydrogen-bond acceptors (Lipinski definition) is 7. The third-order valence-electron chi connectivity index (χ3n) is 5.95. The number of piperazine rings is 1. The van der Waals surface area contributed by atoms with Crippen molar-refractivity contribution in [1.82, 2.24) is 14.9 Å². The predicted octanol–water partition coefficient (Wildman–Crippen LogP) is 2.98. The van der Waals surface area contributed by atoms with Crippen LogP contribution in [0.4, 0.5) is 5.82 Å². The third-order valence-corrected chi connectivity index (χ3v) is 8.57. The number of sulfone groups is 1. The van der Waals surface area contributed by atoms with E-state index in [1.165, 1.54) is 11.1 Å². The van der Waals surface area contributed by atoms with E-state index in [-0.39, 0.29) is 6.04 Å². The zero-order valence-corrected chi connectivity index (χ0v) is 18.0. The molecule has 0 radical (unpaired) electrons. The molecule has 0 unspecified atom stereocenters. The Morgan fingerprint density at radius 1 is 1.07 bits per heavy atom. The number of rotatable bonds is 3. The summed E-state index contributed by atoms with van der Waals surface area (Å²) in [6.07, 6.45) is 0.766. The largest absolute Gasteiger partial charge is 0.353 e. The van der Waals surface area contributed by atoms with Gasteiger partial charge in [0.15, 0.2) is 9.84 Å². The summed E-state index contributed by atoms with van der Waals surface area (Å²) in [7, 11) is -2.85. The normalized spacial score (nSPS) is 22.4. The molecule has 0 saturated carbocycles. The first-order valence-electron chi connectivity index (χ1n) is 10.0. The fourth-order valence-corrected chi connectivity index (χ4v) is 7.20. The number of aryl methyl sites for hydroxylation is 1. The predicted molar refractivity (Wildman–Crippen MR) is 118 cm³/mol. The molecule has 0 amide bonds. The Kier molecular flexibility index (Phi) is 4.80. The molecule has 0 aliphatic carbocycles. The summed E-state index contributed by atoms with van der Waals surface area (Å²) in [4.78, 5) is 15.2. The lowest BCUT2D eigenvalue weighted by Crippen LogP contribution is -2.51. The summed E-state index contributed by atoms with van der Waals surface area (Å²) in [5.74, 6) is 2.44. The van der Waals surface area contributed by atoms with Crippen molar-refractivity contribution in [3.63, 3.8) is 0 Å². The SMILES string of the molecule is Cc1nc(N2CCN([C@@H]3CCS(=O)(=O)C3)CC2)c2c(-c3ccccc3)csc2n1. The molecule has 2 saturated heterocycles. The van der Waals surface area contributed by atoms with Crippen LogP contribution in [-0.4, -0.2) is 67.0 Å². The van der Waals surface area contributed by atoms with Gasteiger partial charge in [-0.3, -0.25) is 4.90 Å². The van der Waals surface area contributed by atoms with Gasteiger partial charge in [0.2, 0.25) is 0 Å². The van der Waals surface area contributed by atoms with E-state index in [0.717, 1.165) is 54.5 Å². The van der Waals surface area contributed by atoms with Crippen LogP contribution < -0.4 is 4.90 Å². The lowest BCUT2D eigenvalue weighted by molar-refractivity contribution is 0.200. The second kappa shape index (κ2) is 7.34. The van der Waals surface area contributed by atoms with Gasteiger partial charge in [0, 0.05) is 43.2 Å². The molecule has 2 aromatic heterocycles. The van der Waals surface area contributed by atoms with Gasteiger partial charge in [-0.1, -0.05) is 30.3 Å². The molecular weight excluding hydrogens is 404 g/mol. The number of aromatic nitrogens is 2. The van der Waals surface area contributed by atoms with Crippen LogP contribution in [0.5, 0.6) is 0 Å². The average Bonchev–Trinajstić information content (AvgIpc) is 3.31. The van der Waals surface area contributed by atoms with Crippen LogP contribution in [-0.2, 0) is 9.84 Å². The molecule has 5 rings (SSSR count). The van der Waals surface area contributed by atoms with Gasteiger partial charge < -0.3 is 4.90 Å². The highest BCUT2D eigenvalue weighted by Crippen LogP contribution is 2.38. The van der Waals surface area contributed by atoms with Gasteiger partial charge in [-0.15, -0.1) is 11.3 Å². The average molecular weight is 429 g/mol. The molecule has 2 fully saturated rings. The van der Waals surface area contributed by atoms with E-state index in [1.54, 1.807) is 11.3 Å². The standard InChI is InChI=1S/C21H24N4O2S2/c1-15-22-20(19-18(13-28-21(19)23-15)16-5-3-2-4-6-16)25-10-8-24(9-11-25)17-7-12-29(26,27)14-17/h2-6,13,17H,7-12,14H2,1H3/t17-/m1/s1. The van der Waals surface area contributed by atoms with Crippen molar-refractivity contribution in [2.75, 3.05) is 42.6 Å². The minimum absolute atomic E-state index is 0.176. The van der Waals surface area contributed by atoms with Crippen molar-refractivity contribution in [3.8, 4) is 11.1 Å². The highest BCUT2D eigenvalue weighted by atomic mass is 32.2. The van der Waals surface area contributed by atoms with Gasteiger partial charge in [-0.25, -0.2) is 18.4 Å². The number of thiophene rings is 1. The Balaban J connectivity index is 1.44. The van der Waals surface area contributed by atoms with E-state index in [4.69, 9.17) is 4.98 Å². The number of nitrogens with zero attached hydrogens (tertiary/aromatic N) is 4. The number of benzene rings is 1. The van der Waals surface area contributed by atoms with Crippen molar-refractivity contribution in [3.05, 3.63) is 41.5 Å². The Bertz CT molecular complexity index is 1140. The lowest BCUT2D eigenvalue weighted by atomic mass is 10.1. The quantitative estimate of drug-likeness (QED) is 0.639. The summed E-state index contributed by atoms with van der Waals surface area (Å²) < 4.78 is 23.7. The van der Waals surface area contributed by atoms with Gasteiger partial charge in [0.05, 0.1) is 16.9 Å². The van der Waals surface area contributed by atoms with E-state index in [2.05, 4.69) is 44.4 Å². The Labute approximate surface area is 175 Å². The molecule has 3 aromatic rings.